The van der Waals surface area contributed by atoms with Crippen LogP contribution in [0, 0.1) is 6.92 Å². The fourth-order valence-corrected chi connectivity index (χ4v) is 2.08. The van der Waals surface area contributed by atoms with Gasteiger partial charge in [-0.1, -0.05) is 42.0 Å². The van der Waals surface area contributed by atoms with Crippen LogP contribution in [0.2, 0.25) is 0 Å². The second-order valence-electron chi connectivity index (χ2n) is 5.06. The molecular weight excluding hydrogens is 262 g/mol. The number of benzene rings is 2. The van der Waals surface area contributed by atoms with Crippen LogP contribution in [0.15, 0.2) is 48.5 Å². The Kier molecular flexibility index (Phi) is 4.99. The van der Waals surface area contributed by atoms with Crippen LogP contribution in [0.3, 0.4) is 0 Å². The van der Waals surface area contributed by atoms with Crippen molar-refractivity contribution in [3.05, 3.63) is 54.1 Å². The Morgan fingerprint density at radius 1 is 1.05 bits per heavy atom. The van der Waals surface area contributed by atoms with Gasteiger partial charge in [-0.3, -0.25) is 0 Å². The molecule has 0 saturated heterocycles. The van der Waals surface area contributed by atoms with Gasteiger partial charge in [0.15, 0.2) is 0 Å². The molecule has 0 aromatic heterocycles. The van der Waals surface area contributed by atoms with Crippen LogP contribution in [-0.4, -0.2) is 18.6 Å². The molecule has 3 heteroatoms. The molecule has 21 heavy (non-hydrogen) atoms. The molecule has 0 aliphatic carbocycles. The van der Waals surface area contributed by atoms with Gasteiger partial charge in [-0.2, -0.15) is 0 Å². The average Bonchev–Trinajstić information content (AvgIpc) is 2.49. The van der Waals surface area contributed by atoms with Gasteiger partial charge in [-0.25, -0.2) is 4.79 Å². The van der Waals surface area contributed by atoms with E-state index in [1.165, 1.54) is 11.1 Å². The van der Waals surface area contributed by atoms with Gasteiger partial charge in [0.2, 0.25) is 0 Å². The Hall–Kier alpha value is -2.29. The molecule has 0 fully saturated rings. The lowest BCUT2D eigenvalue weighted by molar-refractivity contribution is -0.143. The smallest absolute Gasteiger partial charge is 0.328 e. The minimum atomic E-state index is -0.352. The Bertz CT molecular complexity index is 588. The van der Waals surface area contributed by atoms with Crippen molar-refractivity contribution in [2.75, 3.05) is 11.9 Å². The first kappa shape index (κ1) is 15.1. The Morgan fingerprint density at radius 2 is 1.57 bits per heavy atom. The standard InChI is InChI=1S/C18H21NO2/c1-4-21-18(20)14(3)19-17-11-9-16(10-12-17)15-7-5-13(2)6-8-15/h5-12,14,19H,4H2,1-3H3/t14-/m1/s1. The van der Waals surface area contributed by atoms with E-state index in [0.29, 0.717) is 6.61 Å². The second kappa shape index (κ2) is 6.93. The first-order valence-corrected chi connectivity index (χ1v) is 7.20. The van der Waals surface area contributed by atoms with Gasteiger partial charge in [-0.15, -0.1) is 0 Å². The zero-order chi connectivity index (χ0) is 15.2. The molecule has 2 aromatic carbocycles. The zero-order valence-corrected chi connectivity index (χ0v) is 12.7. The lowest BCUT2D eigenvalue weighted by Gasteiger charge is -2.14. The Morgan fingerprint density at radius 3 is 2.10 bits per heavy atom. The van der Waals surface area contributed by atoms with E-state index in [1.807, 2.05) is 24.3 Å². The maximum Gasteiger partial charge on any atom is 0.328 e. The molecule has 0 heterocycles. The molecule has 110 valence electrons. The number of carbonyl (C=O) groups is 1. The monoisotopic (exact) mass is 283 g/mol. The molecule has 2 rings (SSSR count). The molecular formula is C18H21NO2. The summed E-state index contributed by atoms with van der Waals surface area (Å²) in [6.07, 6.45) is 0. The van der Waals surface area contributed by atoms with Gasteiger partial charge in [0, 0.05) is 5.69 Å². The summed E-state index contributed by atoms with van der Waals surface area (Å²) < 4.78 is 4.98. The Balaban J connectivity index is 2.05. The van der Waals surface area contributed by atoms with Gasteiger partial charge < -0.3 is 10.1 Å². The summed E-state index contributed by atoms with van der Waals surface area (Å²) in [4.78, 5) is 11.6. The largest absolute Gasteiger partial charge is 0.464 e. The van der Waals surface area contributed by atoms with Crippen LogP contribution < -0.4 is 5.32 Å². The van der Waals surface area contributed by atoms with E-state index in [0.717, 1.165) is 11.3 Å². The van der Waals surface area contributed by atoms with Gasteiger partial charge in [0.1, 0.15) is 6.04 Å². The lowest BCUT2D eigenvalue weighted by atomic mass is 10.0. The molecule has 0 aliphatic heterocycles. The van der Waals surface area contributed by atoms with E-state index in [9.17, 15) is 4.79 Å². The molecule has 1 N–H and O–H groups in total. The highest BCUT2D eigenvalue weighted by Gasteiger charge is 2.13. The van der Waals surface area contributed by atoms with Crippen molar-refractivity contribution in [2.24, 2.45) is 0 Å². The van der Waals surface area contributed by atoms with E-state index in [4.69, 9.17) is 4.74 Å². The topological polar surface area (TPSA) is 38.3 Å². The molecule has 0 spiro atoms. The van der Waals surface area contributed by atoms with Crippen LogP contribution in [0.5, 0.6) is 0 Å². The summed E-state index contributed by atoms with van der Waals surface area (Å²) in [5.41, 5.74) is 4.50. The number of anilines is 1. The van der Waals surface area contributed by atoms with Crippen molar-refractivity contribution in [1.29, 1.82) is 0 Å². The number of hydrogen-bond donors (Lipinski definition) is 1. The fourth-order valence-electron chi connectivity index (χ4n) is 2.08. The minimum absolute atomic E-state index is 0.236. The number of aryl methyl sites for hydroxylation is 1. The fraction of sp³-hybridized carbons (Fsp3) is 0.278. The third kappa shape index (κ3) is 4.09. The molecule has 0 unspecified atom stereocenters. The van der Waals surface area contributed by atoms with Crippen LogP contribution >= 0.6 is 0 Å². The molecule has 0 radical (unpaired) electrons. The van der Waals surface area contributed by atoms with Crippen LogP contribution in [0.1, 0.15) is 19.4 Å². The lowest BCUT2D eigenvalue weighted by Crippen LogP contribution is -2.28. The number of ether oxygens (including phenoxy) is 1. The maximum atomic E-state index is 11.6. The molecule has 3 nitrogen and oxygen atoms in total. The second-order valence-corrected chi connectivity index (χ2v) is 5.06. The van der Waals surface area contributed by atoms with Gasteiger partial charge >= 0.3 is 5.97 Å². The van der Waals surface area contributed by atoms with E-state index in [1.54, 1.807) is 13.8 Å². The van der Waals surface area contributed by atoms with Crippen molar-refractivity contribution >= 4 is 11.7 Å². The number of esters is 1. The van der Waals surface area contributed by atoms with E-state index >= 15 is 0 Å². The highest BCUT2D eigenvalue weighted by Crippen LogP contribution is 2.22. The molecule has 0 saturated carbocycles. The first-order chi connectivity index (χ1) is 10.1. The van der Waals surface area contributed by atoms with Gasteiger partial charge in [0.25, 0.3) is 0 Å². The predicted molar refractivity (Wildman–Crippen MR) is 86.3 cm³/mol. The molecule has 0 bridgehead atoms. The molecule has 0 amide bonds. The normalized spacial score (nSPS) is 11.8. The van der Waals surface area contributed by atoms with Crippen molar-refractivity contribution < 1.29 is 9.53 Å². The summed E-state index contributed by atoms with van der Waals surface area (Å²) in [6.45, 7) is 6.08. The molecule has 1 atom stereocenters. The third-order valence-electron chi connectivity index (χ3n) is 3.29. The molecule has 0 aliphatic rings. The number of carbonyl (C=O) groups excluding carboxylic acids is 1. The van der Waals surface area contributed by atoms with Crippen LogP contribution in [0.25, 0.3) is 11.1 Å². The van der Waals surface area contributed by atoms with Crippen molar-refractivity contribution in [2.45, 2.75) is 26.8 Å². The van der Waals surface area contributed by atoms with Crippen LogP contribution in [-0.2, 0) is 9.53 Å². The van der Waals surface area contributed by atoms with Gasteiger partial charge in [0.05, 0.1) is 6.61 Å². The Labute approximate surface area is 126 Å². The summed E-state index contributed by atoms with van der Waals surface area (Å²) in [7, 11) is 0. The van der Waals surface area contributed by atoms with E-state index in [2.05, 4.69) is 36.5 Å². The summed E-state index contributed by atoms with van der Waals surface area (Å²) in [5.74, 6) is -0.236. The average molecular weight is 283 g/mol. The van der Waals surface area contributed by atoms with Gasteiger partial charge in [-0.05, 0) is 44.0 Å². The molecule has 2 aromatic rings. The van der Waals surface area contributed by atoms with Crippen molar-refractivity contribution in [1.82, 2.24) is 0 Å². The SMILES string of the molecule is CCOC(=O)[C@@H](C)Nc1ccc(-c2ccc(C)cc2)cc1. The van der Waals surface area contributed by atoms with Crippen molar-refractivity contribution in [3.8, 4) is 11.1 Å². The summed E-state index contributed by atoms with van der Waals surface area (Å²) in [5, 5.41) is 3.14. The predicted octanol–water partition coefficient (Wildman–Crippen LogP) is 4.03. The number of nitrogens with one attached hydrogen (secondary N) is 1. The first-order valence-electron chi connectivity index (χ1n) is 7.20. The minimum Gasteiger partial charge on any atom is -0.464 e. The van der Waals surface area contributed by atoms with Crippen molar-refractivity contribution in [3.63, 3.8) is 0 Å². The highest BCUT2D eigenvalue weighted by molar-refractivity contribution is 5.79. The quantitative estimate of drug-likeness (QED) is 0.842. The maximum absolute atomic E-state index is 11.6. The highest BCUT2D eigenvalue weighted by atomic mass is 16.5. The summed E-state index contributed by atoms with van der Waals surface area (Å²) >= 11 is 0. The zero-order valence-electron chi connectivity index (χ0n) is 12.7. The van der Waals surface area contributed by atoms with E-state index < -0.39 is 0 Å². The van der Waals surface area contributed by atoms with Crippen LogP contribution in [0.4, 0.5) is 5.69 Å². The number of hydrogen-bond acceptors (Lipinski definition) is 3. The summed E-state index contributed by atoms with van der Waals surface area (Å²) in [6, 6.07) is 16.1. The third-order valence-corrected chi connectivity index (χ3v) is 3.29. The number of rotatable bonds is 5. The van der Waals surface area contributed by atoms with E-state index in [-0.39, 0.29) is 12.0 Å².